The molecule has 1 aliphatic heterocycles. The third-order valence-corrected chi connectivity index (χ3v) is 6.03. The van der Waals surface area contributed by atoms with E-state index in [2.05, 4.69) is 5.16 Å². The van der Waals surface area contributed by atoms with E-state index in [1.54, 1.807) is 30.3 Å². The van der Waals surface area contributed by atoms with Crippen molar-refractivity contribution in [2.24, 2.45) is 5.73 Å². The van der Waals surface area contributed by atoms with Crippen molar-refractivity contribution < 1.29 is 12.9 Å². The second-order valence-electron chi connectivity index (χ2n) is 5.37. The van der Waals surface area contributed by atoms with Crippen LogP contribution in [0.25, 0.3) is 11.3 Å². The molecule has 1 aromatic carbocycles. The number of benzene rings is 1. The maximum absolute atomic E-state index is 13.1. The quantitative estimate of drug-likeness (QED) is 0.928. The molecule has 22 heavy (non-hydrogen) atoms. The second-order valence-corrected chi connectivity index (χ2v) is 7.23. The summed E-state index contributed by atoms with van der Waals surface area (Å²) in [6.07, 6.45) is 4.18. The molecule has 0 aliphatic carbocycles. The van der Waals surface area contributed by atoms with Crippen LogP contribution < -0.4 is 5.73 Å². The highest BCUT2D eigenvalue weighted by Gasteiger charge is 2.34. The summed E-state index contributed by atoms with van der Waals surface area (Å²) in [5.41, 5.74) is 6.30. The fraction of sp³-hybridized carbons (Fsp3) is 0.400. The van der Waals surface area contributed by atoms with E-state index in [4.69, 9.17) is 10.3 Å². The molecule has 1 saturated heterocycles. The summed E-state index contributed by atoms with van der Waals surface area (Å²) in [5.74, 6) is 0.445. The summed E-state index contributed by atoms with van der Waals surface area (Å²) in [7, 11) is -3.61. The van der Waals surface area contributed by atoms with Crippen LogP contribution in [-0.2, 0) is 10.0 Å². The van der Waals surface area contributed by atoms with Gasteiger partial charge in [-0.15, -0.1) is 0 Å². The van der Waals surface area contributed by atoms with Crippen LogP contribution in [0.4, 0.5) is 0 Å². The van der Waals surface area contributed by atoms with Crippen molar-refractivity contribution in [2.45, 2.75) is 30.2 Å². The molecule has 2 heterocycles. The van der Waals surface area contributed by atoms with Crippen molar-refractivity contribution in [3.8, 4) is 11.3 Å². The van der Waals surface area contributed by atoms with Gasteiger partial charge in [0.05, 0.1) is 11.1 Å². The molecule has 0 saturated carbocycles. The third kappa shape index (κ3) is 2.67. The van der Waals surface area contributed by atoms with Gasteiger partial charge in [-0.05, 0) is 25.0 Å². The van der Waals surface area contributed by atoms with E-state index in [-0.39, 0.29) is 10.9 Å². The van der Waals surface area contributed by atoms with Gasteiger partial charge in [-0.1, -0.05) is 23.7 Å². The lowest BCUT2D eigenvalue weighted by molar-refractivity contribution is 0.257. The predicted molar refractivity (Wildman–Crippen MR) is 82.5 cm³/mol. The predicted octanol–water partition coefficient (Wildman–Crippen LogP) is 1.84. The Labute approximate surface area is 129 Å². The van der Waals surface area contributed by atoms with E-state index in [9.17, 15) is 8.42 Å². The van der Waals surface area contributed by atoms with Crippen molar-refractivity contribution in [3.63, 3.8) is 0 Å². The molecule has 1 unspecified atom stereocenters. The number of piperidine rings is 1. The van der Waals surface area contributed by atoms with Gasteiger partial charge in [-0.3, -0.25) is 0 Å². The first kappa shape index (κ1) is 15.2. The summed E-state index contributed by atoms with van der Waals surface area (Å²) >= 11 is 0. The Morgan fingerprint density at radius 2 is 2.09 bits per heavy atom. The van der Waals surface area contributed by atoms with Gasteiger partial charge in [0.2, 0.25) is 10.0 Å². The Morgan fingerprint density at radius 1 is 1.27 bits per heavy atom. The van der Waals surface area contributed by atoms with Crippen molar-refractivity contribution in [2.75, 3.05) is 13.1 Å². The third-order valence-electron chi connectivity index (χ3n) is 4.02. The average molecular weight is 321 g/mol. The zero-order valence-electron chi connectivity index (χ0n) is 12.2. The number of nitrogens with zero attached hydrogens (tertiary/aromatic N) is 2. The fourth-order valence-corrected chi connectivity index (χ4v) is 4.81. The van der Waals surface area contributed by atoms with Crippen molar-refractivity contribution in [1.82, 2.24) is 9.46 Å². The van der Waals surface area contributed by atoms with E-state index < -0.39 is 10.0 Å². The van der Waals surface area contributed by atoms with Gasteiger partial charge in [-0.25, -0.2) is 8.42 Å². The maximum Gasteiger partial charge on any atom is 0.244 e. The Balaban J connectivity index is 2.06. The van der Waals surface area contributed by atoms with Crippen LogP contribution in [0.1, 0.15) is 19.3 Å². The van der Waals surface area contributed by atoms with Gasteiger partial charge >= 0.3 is 0 Å². The molecule has 1 fully saturated rings. The van der Waals surface area contributed by atoms with Gasteiger partial charge < -0.3 is 10.3 Å². The standard InChI is InChI=1S/C15H19N3O3S/c16-11-12-5-3-4-10-18(12)22(19,20)15-7-2-1-6-13(15)14-8-9-17-21-14/h1-2,6-9,12H,3-5,10-11,16H2. The molecule has 2 aromatic rings. The minimum atomic E-state index is -3.61. The molecular formula is C15H19N3O3S. The van der Waals surface area contributed by atoms with E-state index >= 15 is 0 Å². The van der Waals surface area contributed by atoms with Gasteiger partial charge in [0.15, 0.2) is 5.76 Å². The molecule has 1 atom stereocenters. The lowest BCUT2D eigenvalue weighted by atomic mass is 10.1. The Bertz CT molecular complexity index is 728. The van der Waals surface area contributed by atoms with Gasteiger partial charge in [0.1, 0.15) is 0 Å². The fourth-order valence-electron chi connectivity index (χ4n) is 2.90. The number of rotatable bonds is 4. The largest absolute Gasteiger partial charge is 0.356 e. The molecule has 3 rings (SSSR count). The van der Waals surface area contributed by atoms with Crippen molar-refractivity contribution in [1.29, 1.82) is 0 Å². The number of aromatic nitrogens is 1. The van der Waals surface area contributed by atoms with Crippen LogP contribution in [0.15, 0.2) is 45.9 Å². The summed E-state index contributed by atoms with van der Waals surface area (Å²) in [6, 6.07) is 8.36. The minimum Gasteiger partial charge on any atom is -0.356 e. The van der Waals surface area contributed by atoms with Crippen LogP contribution >= 0.6 is 0 Å². The first-order valence-corrected chi connectivity index (χ1v) is 8.80. The van der Waals surface area contributed by atoms with Crippen molar-refractivity contribution in [3.05, 3.63) is 36.5 Å². The number of hydrogen-bond donors (Lipinski definition) is 1. The van der Waals surface area contributed by atoms with E-state index in [0.717, 1.165) is 19.3 Å². The highest BCUT2D eigenvalue weighted by Crippen LogP contribution is 2.32. The molecule has 0 amide bonds. The van der Waals surface area contributed by atoms with Crippen LogP contribution in [0.3, 0.4) is 0 Å². The highest BCUT2D eigenvalue weighted by molar-refractivity contribution is 7.89. The zero-order chi connectivity index (χ0) is 15.6. The summed E-state index contributed by atoms with van der Waals surface area (Å²) in [5, 5.41) is 3.66. The molecule has 0 radical (unpaired) electrons. The highest BCUT2D eigenvalue weighted by atomic mass is 32.2. The molecule has 1 aliphatic rings. The summed E-state index contributed by atoms with van der Waals surface area (Å²) in [6.45, 7) is 0.846. The van der Waals surface area contributed by atoms with E-state index in [0.29, 0.717) is 24.4 Å². The van der Waals surface area contributed by atoms with Crippen LogP contribution in [0, 0.1) is 0 Å². The monoisotopic (exact) mass is 321 g/mol. The molecular weight excluding hydrogens is 302 g/mol. The summed E-state index contributed by atoms with van der Waals surface area (Å²) in [4.78, 5) is 0.243. The molecule has 6 nitrogen and oxygen atoms in total. The topological polar surface area (TPSA) is 89.4 Å². The Morgan fingerprint density at radius 3 is 2.82 bits per heavy atom. The SMILES string of the molecule is NCC1CCCCN1S(=O)(=O)c1ccccc1-c1ccno1. The molecule has 2 N–H and O–H groups in total. The first-order valence-electron chi connectivity index (χ1n) is 7.36. The van der Waals surface area contributed by atoms with Gasteiger partial charge in [0.25, 0.3) is 0 Å². The Hall–Kier alpha value is -1.70. The molecule has 7 heteroatoms. The second kappa shape index (κ2) is 6.20. The molecule has 0 bridgehead atoms. The molecule has 118 valence electrons. The zero-order valence-corrected chi connectivity index (χ0v) is 13.0. The maximum atomic E-state index is 13.1. The molecule has 0 spiro atoms. The van der Waals surface area contributed by atoms with Crippen LogP contribution in [0.2, 0.25) is 0 Å². The number of nitrogens with two attached hydrogens (primary N) is 1. The molecule has 1 aromatic heterocycles. The smallest absolute Gasteiger partial charge is 0.244 e. The Kier molecular flexibility index (Phi) is 4.28. The normalized spacial score (nSPS) is 20.1. The van der Waals surface area contributed by atoms with E-state index in [1.807, 2.05) is 0 Å². The van der Waals surface area contributed by atoms with Crippen LogP contribution in [0.5, 0.6) is 0 Å². The number of hydrogen-bond acceptors (Lipinski definition) is 5. The van der Waals surface area contributed by atoms with Gasteiger partial charge in [0, 0.05) is 30.8 Å². The number of sulfonamides is 1. The summed E-state index contributed by atoms with van der Waals surface area (Å²) < 4.78 is 32.8. The van der Waals surface area contributed by atoms with Gasteiger partial charge in [-0.2, -0.15) is 4.31 Å². The minimum absolute atomic E-state index is 0.137. The van der Waals surface area contributed by atoms with E-state index in [1.165, 1.54) is 10.5 Å². The lowest BCUT2D eigenvalue weighted by Crippen LogP contribution is -2.47. The first-order chi connectivity index (χ1) is 10.6. The van der Waals surface area contributed by atoms with Crippen LogP contribution in [-0.4, -0.2) is 37.0 Å². The lowest BCUT2D eigenvalue weighted by Gasteiger charge is -2.34. The van der Waals surface area contributed by atoms with Crippen molar-refractivity contribution >= 4 is 10.0 Å². The average Bonchev–Trinajstić information content (AvgIpc) is 3.09.